The van der Waals surface area contributed by atoms with E-state index >= 15 is 0 Å². The molecule has 0 atom stereocenters. The summed E-state index contributed by atoms with van der Waals surface area (Å²) in [4.78, 5) is 24.2. The summed E-state index contributed by atoms with van der Waals surface area (Å²) in [6.07, 6.45) is 0. The van der Waals surface area contributed by atoms with Crippen molar-refractivity contribution in [3.63, 3.8) is 0 Å². The van der Waals surface area contributed by atoms with E-state index in [1.165, 1.54) is 49.4 Å². The third kappa shape index (κ3) is 4.74. The molecular formula is C21H21N3O5S. The van der Waals surface area contributed by atoms with E-state index in [0.717, 1.165) is 9.87 Å². The van der Waals surface area contributed by atoms with Gasteiger partial charge in [-0.25, -0.2) is 8.42 Å². The maximum atomic E-state index is 13.3. The Morgan fingerprint density at radius 1 is 1.03 bits per heavy atom. The molecular weight excluding hydrogens is 406 g/mol. The minimum atomic E-state index is -4.04. The molecule has 0 unspecified atom stereocenters. The first-order valence-electron chi connectivity index (χ1n) is 9.10. The Morgan fingerprint density at radius 2 is 1.67 bits per heavy atom. The summed E-state index contributed by atoms with van der Waals surface area (Å²) in [5.74, 6) is -0.0327. The molecule has 8 nitrogen and oxygen atoms in total. The number of aryl methyl sites for hydroxylation is 2. The van der Waals surface area contributed by atoms with Crippen molar-refractivity contribution in [2.75, 3.05) is 16.2 Å². The molecule has 0 radical (unpaired) electrons. The van der Waals surface area contributed by atoms with Gasteiger partial charge in [0.05, 0.1) is 10.6 Å². The number of aromatic nitrogens is 1. The number of sulfonamides is 1. The van der Waals surface area contributed by atoms with Crippen LogP contribution in [0.1, 0.15) is 28.6 Å². The molecule has 0 saturated heterocycles. The number of nitrogens with one attached hydrogen (secondary N) is 1. The number of hydrogen-bond acceptors (Lipinski definition) is 6. The minimum absolute atomic E-state index is 0.0498. The summed E-state index contributed by atoms with van der Waals surface area (Å²) in [6, 6.07) is 13.9. The van der Waals surface area contributed by atoms with Crippen molar-refractivity contribution in [2.24, 2.45) is 0 Å². The number of Topliss-reactive ketones (excluding diaryl/α,β-unsaturated/α-hetero) is 1. The molecule has 3 rings (SSSR count). The Bertz CT molecular complexity index is 1170. The number of rotatable bonds is 7. The monoisotopic (exact) mass is 427 g/mol. The number of hydrogen-bond donors (Lipinski definition) is 1. The number of ketones is 1. The first kappa shape index (κ1) is 21.3. The Morgan fingerprint density at radius 3 is 2.20 bits per heavy atom. The van der Waals surface area contributed by atoms with E-state index in [-0.39, 0.29) is 22.2 Å². The van der Waals surface area contributed by atoms with Gasteiger partial charge in [-0.15, -0.1) is 0 Å². The average molecular weight is 427 g/mol. The molecule has 30 heavy (non-hydrogen) atoms. The molecule has 0 bridgehead atoms. The van der Waals surface area contributed by atoms with Crippen LogP contribution in [-0.2, 0) is 14.8 Å². The minimum Gasteiger partial charge on any atom is -0.360 e. The number of carbonyl (C=O) groups is 2. The second-order valence-electron chi connectivity index (χ2n) is 6.80. The molecule has 1 N–H and O–H groups in total. The largest absolute Gasteiger partial charge is 0.360 e. The lowest BCUT2D eigenvalue weighted by atomic mass is 10.1. The van der Waals surface area contributed by atoms with E-state index in [0.29, 0.717) is 11.3 Å². The van der Waals surface area contributed by atoms with Gasteiger partial charge in [0.25, 0.3) is 10.0 Å². The Hall–Kier alpha value is -3.46. The smallest absolute Gasteiger partial charge is 0.264 e. The van der Waals surface area contributed by atoms with Gasteiger partial charge in [0.1, 0.15) is 12.3 Å². The lowest BCUT2D eigenvalue weighted by Crippen LogP contribution is -2.38. The highest BCUT2D eigenvalue weighted by Crippen LogP contribution is 2.25. The van der Waals surface area contributed by atoms with E-state index in [1.807, 2.05) is 6.92 Å². The molecule has 1 aromatic heterocycles. The molecule has 156 valence electrons. The van der Waals surface area contributed by atoms with Crippen LogP contribution in [0.3, 0.4) is 0 Å². The quantitative estimate of drug-likeness (QED) is 0.579. The molecule has 0 fully saturated rings. The first-order valence-corrected chi connectivity index (χ1v) is 10.5. The van der Waals surface area contributed by atoms with Gasteiger partial charge in [0, 0.05) is 11.6 Å². The fraction of sp³-hybridized carbons (Fsp3) is 0.190. The van der Waals surface area contributed by atoms with Crippen molar-refractivity contribution in [3.05, 3.63) is 71.5 Å². The molecule has 0 aliphatic heterocycles. The van der Waals surface area contributed by atoms with Crippen LogP contribution < -0.4 is 9.62 Å². The number of carbonyl (C=O) groups excluding carboxylic acids is 2. The molecule has 0 aliphatic rings. The van der Waals surface area contributed by atoms with Crippen molar-refractivity contribution in [3.8, 4) is 0 Å². The van der Waals surface area contributed by atoms with Gasteiger partial charge in [0.15, 0.2) is 11.6 Å². The van der Waals surface area contributed by atoms with Gasteiger partial charge in [-0.05, 0) is 57.2 Å². The topological polar surface area (TPSA) is 110 Å². The fourth-order valence-corrected chi connectivity index (χ4v) is 4.17. The van der Waals surface area contributed by atoms with E-state index in [1.54, 1.807) is 19.1 Å². The van der Waals surface area contributed by atoms with Gasteiger partial charge in [0.2, 0.25) is 5.91 Å². The Kier molecular flexibility index (Phi) is 6.02. The lowest BCUT2D eigenvalue weighted by molar-refractivity contribution is -0.114. The molecule has 1 heterocycles. The lowest BCUT2D eigenvalue weighted by Gasteiger charge is -2.24. The maximum absolute atomic E-state index is 13.3. The Balaban J connectivity index is 1.96. The summed E-state index contributed by atoms with van der Waals surface area (Å²) in [5.41, 5.74) is 1.60. The summed E-state index contributed by atoms with van der Waals surface area (Å²) in [5, 5.41) is 6.21. The molecule has 1 amide bonds. The van der Waals surface area contributed by atoms with Crippen molar-refractivity contribution in [2.45, 2.75) is 25.7 Å². The van der Waals surface area contributed by atoms with Crippen LogP contribution in [0.25, 0.3) is 0 Å². The van der Waals surface area contributed by atoms with Gasteiger partial charge in [-0.1, -0.05) is 22.9 Å². The fourth-order valence-electron chi connectivity index (χ4n) is 2.75. The van der Waals surface area contributed by atoms with Gasteiger partial charge in [-0.3, -0.25) is 13.9 Å². The second kappa shape index (κ2) is 8.50. The van der Waals surface area contributed by atoms with Crippen LogP contribution in [0.15, 0.2) is 64.0 Å². The third-order valence-electron chi connectivity index (χ3n) is 4.35. The molecule has 0 spiro atoms. The highest BCUT2D eigenvalue weighted by molar-refractivity contribution is 7.92. The molecule has 3 aromatic rings. The van der Waals surface area contributed by atoms with Crippen molar-refractivity contribution < 1.29 is 22.5 Å². The van der Waals surface area contributed by atoms with Crippen LogP contribution in [0.2, 0.25) is 0 Å². The first-order chi connectivity index (χ1) is 14.2. The van der Waals surface area contributed by atoms with Crippen molar-refractivity contribution in [1.29, 1.82) is 0 Å². The van der Waals surface area contributed by atoms with Gasteiger partial charge < -0.3 is 9.84 Å². The third-order valence-corrected chi connectivity index (χ3v) is 6.14. The van der Waals surface area contributed by atoms with E-state index in [9.17, 15) is 18.0 Å². The van der Waals surface area contributed by atoms with Crippen LogP contribution in [0.4, 0.5) is 11.5 Å². The SMILES string of the molecule is CC(=O)c1ccc(N(CC(=O)Nc2cc(C)on2)S(=O)(=O)c2ccc(C)cc2)cc1. The molecule has 2 aromatic carbocycles. The van der Waals surface area contributed by atoms with E-state index in [2.05, 4.69) is 10.5 Å². The van der Waals surface area contributed by atoms with Crippen LogP contribution in [-0.4, -0.2) is 31.8 Å². The standard InChI is InChI=1S/C21H21N3O5S/c1-14-4-10-19(11-5-14)30(27,28)24(18-8-6-17(7-9-18)16(3)25)13-21(26)22-20-12-15(2)29-23-20/h4-12H,13H2,1-3H3,(H,22,23,26). The van der Waals surface area contributed by atoms with Crippen molar-refractivity contribution in [1.82, 2.24) is 5.16 Å². The summed E-state index contributed by atoms with van der Waals surface area (Å²) in [7, 11) is -4.04. The predicted octanol–water partition coefficient (Wildman–Crippen LogP) is 3.33. The zero-order chi connectivity index (χ0) is 21.9. The number of benzene rings is 2. The number of anilines is 2. The van der Waals surface area contributed by atoms with Crippen LogP contribution >= 0.6 is 0 Å². The van der Waals surface area contributed by atoms with Gasteiger partial charge >= 0.3 is 0 Å². The highest BCUT2D eigenvalue weighted by atomic mass is 32.2. The zero-order valence-electron chi connectivity index (χ0n) is 16.7. The summed E-state index contributed by atoms with van der Waals surface area (Å²) in [6.45, 7) is 4.46. The summed E-state index contributed by atoms with van der Waals surface area (Å²) < 4.78 is 32.5. The van der Waals surface area contributed by atoms with Crippen LogP contribution in [0, 0.1) is 13.8 Å². The van der Waals surface area contributed by atoms with E-state index < -0.39 is 22.5 Å². The molecule has 0 aliphatic carbocycles. The normalized spacial score (nSPS) is 11.2. The zero-order valence-corrected chi connectivity index (χ0v) is 17.6. The summed E-state index contributed by atoms with van der Waals surface area (Å²) >= 11 is 0. The molecule has 0 saturated carbocycles. The predicted molar refractivity (Wildman–Crippen MR) is 112 cm³/mol. The van der Waals surface area contributed by atoms with Crippen molar-refractivity contribution >= 4 is 33.2 Å². The van der Waals surface area contributed by atoms with E-state index in [4.69, 9.17) is 4.52 Å². The number of nitrogens with zero attached hydrogens (tertiary/aromatic N) is 2. The second-order valence-corrected chi connectivity index (χ2v) is 8.66. The van der Waals surface area contributed by atoms with Gasteiger partial charge in [-0.2, -0.15) is 0 Å². The number of amides is 1. The highest BCUT2D eigenvalue weighted by Gasteiger charge is 2.27. The molecule has 9 heteroatoms. The van der Waals surface area contributed by atoms with Crippen LogP contribution in [0.5, 0.6) is 0 Å². The average Bonchev–Trinajstić information content (AvgIpc) is 3.11. The maximum Gasteiger partial charge on any atom is 0.264 e. The Labute approximate surface area is 174 Å².